The summed E-state index contributed by atoms with van der Waals surface area (Å²) in [7, 11) is 30.5. The van der Waals surface area contributed by atoms with E-state index in [1.807, 2.05) is 6.07 Å². The van der Waals surface area contributed by atoms with Crippen LogP contribution in [0.25, 0.3) is 11.0 Å². The van der Waals surface area contributed by atoms with Gasteiger partial charge < -0.3 is 10.7 Å². The van der Waals surface area contributed by atoms with Gasteiger partial charge in [0.25, 0.3) is 0 Å². The van der Waals surface area contributed by atoms with Gasteiger partial charge in [-0.25, -0.2) is 4.98 Å². The van der Waals surface area contributed by atoms with E-state index in [0.29, 0.717) is 40.5 Å². The molecule has 0 unspecified atom stereocenters. The number of nitrogens with zero attached hydrogens (tertiary/aromatic N) is 3. The Balaban J connectivity index is 1.69. The highest BCUT2D eigenvalue weighted by atomic mass is 15.2. The molecule has 1 aromatic carbocycles. The SMILES string of the molecule is [B]c1ccc2[nH]c(CN(CCCCN)[C@H]3CCCc4c3nc([B])c([B])c4[B])nc2c1[B]. The van der Waals surface area contributed by atoms with Crippen LogP contribution in [0, 0.1) is 0 Å². The third-order valence-corrected chi connectivity index (χ3v) is 6.13. The zero-order valence-corrected chi connectivity index (χ0v) is 17.7. The zero-order valence-electron chi connectivity index (χ0n) is 17.7. The molecule has 31 heavy (non-hydrogen) atoms. The highest BCUT2D eigenvalue weighted by Gasteiger charge is 2.29. The number of benzene rings is 1. The van der Waals surface area contributed by atoms with Crippen molar-refractivity contribution in [1.82, 2.24) is 19.9 Å². The Kier molecular flexibility index (Phi) is 6.68. The van der Waals surface area contributed by atoms with Gasteiger partial charge in [0.15, 0.2) is 0 Å². The van der Waals surface area contributed by atoms with Gasteiger partial charge in [-0.15, -0.1) is 5.46 Å². The lowest BCUT2D eigenvalue weighted by Crippen LogP contribution is -2.47. The topological polar surface area (TPSA) is 70.8 Å². The number of hydrogen-bond donors (Lipinski definition) is 2. The average molecular weight is 399 g/mol. The van der Waals surface area contributed by atoms with Crippen LogP contribution in [0.3, 0.4) is 0 Å². The molecule has 0 aliphatic heterocycles. The van der Waals surface area contributed by atoms with Crippen LogP contribution < -0.4 is 33.2 Å². The average Bonchev–Trinajstić information content (AvgIpc) is 3.17. The van der Waals surface area contributed by atoms with Crippen LogP contribution in [0.15, 0.2) is 12.1 Å². The van der Waals surface area contributed by atoms with Gasteiger partial charge in [0, 0.05) is 0 Å². The Bertz CT molecular complexity index is 1100. The van der Waals surface area contributed by atoms with E-state index < -0.39 is 0 Å². The van der Waals surface area contributed by atoms with E-state index in [9.17, 15) is 0 Å². The summed E-state index contributed by atoms with van der Waals surface area (Å²) in [4.78, 5) is 15.1. The molecule has 10 heteroatoms. The Morgan fingerprint density at radius 1 is 1.03 bits per heavy atom. The van der Waals surface area contributed by atoms with Crippen LogP contribution in [-0.4, -0.2) is 72.2 Å². The Labute approximate surface area is 190 Å². The van der Waals surface area contributed by atoms with E-state index >= 15 is 0 Å². The van der Waals surface area contributed by atoms with Gasteiger partial charge in [0.1, 0.15) is 45.1 Å². The van der Waals surface area contributed by atoms with E-state index in [-0.39, 0.29) is 11.6 Å². The van der Waals surface area contributed by atoms with E-state index in [1.54, 1.807) is 6.07 Å². The summed E-state index contributed by atoms with van der Waals surface area (Å²) in [5.41, 5.74) is 11.5. The van der Waals surface area contributed by atoms with Crippen molar-refractivity contribution in [1.29, 1.82) is 0 Å². The number of H-pyrrole nitrogens is 1. The fraction of sp³-hybridized carbons (Fsp3) is 0.429. The fourth-order valence-corrected chi connectivity index (χ4v) is 4.43. The lowest BCUT2D eigenvalue weighted by atomic mass is 9.70. The normalized spacial score (nSPS) is 16.1. The first-order valence-electron chi connectivity index (χ1n) is 10.7. The first-order valence-corrected chi connectivity index (χ1v) is 10.7. The molecule has 2 heterocycles. The number of rotatable bonds is 7. The highest BCUT2D eigenvalue weighted by molar-refractivity contribution is 6.56. The van der Waals surface area contributed by atoms with Crippen LogP contribution in [0.4, 0.5) is 0 Å². The second kappa shape index (κ2) is 9.29. The molecule has 5 nitrogen and oxygen atoms in total. The molecule has 3 aromatic rings. The second-order valence-corrected chi connectivity index (χ2v) is 8.21. The number of unbranched alkanes of at least 4 members (excludes halogenated alkanes) is 1. The summed E-state index contributed by atoms with van der Waals surface area (Å²) >= 11 is 0. The minimum absolute atomic E-state index is 0.0716. The largest absolute Gasteiger partial charge is 0.341 e. The van der Waals surface area contributed by atoms with Gasteiger partial charge in [0.05, 0.1) is 29.3 Å². The maximum Gasteiger partial charge on any atom is 0.140 e. The lowest BCUT2D eigenvalue weighted by Gasteiger charge is -2.36. The van der Waals surface area contributed by atoms with E-state index in [1.165, 1.54) is 0 Å². The molecule has 0 spiro atoms. The van der Waals surface area contributed by atoms with Gasteiger partial charge in [-0.2, -0.15) is 0 Å². The molecule has 0 amide bonds. The summed E-state index contributed by atoms with van der Waals surface area (Å²) in [5, 5.41) is 0. The Morgan fingerprint density at radius 2 is 1.84 bits per heavy atom. The molecular formula is C21H22B5N5. The first kappa shape index (κ1) is 22.3. The third kappa shape index (κ3) is 4.38. The smallest absolute Gasteiger partial charge is 0.140 e. The van der Waals surface area contributed by atoms with Crippen molar-refractivity contribution in [2.24, 2.45) is 5.73 Å². The fourth-order valence-electron chi connectivity index (χ4n) is 4.43. The van der Waals surface area contributed by atoms with Gasteiger partial charge in [-0.3, -0.25) is 9.88 Å². The predicted octanol–water partition coefficient (Wildman–Crippen LogP) is -2.45. The summed E-state index contributed by atoms with van der Waals surface area (Å²) < 4.78 is 0. The number of imidazole rings is 1. The number of aromatic nitrogens is 3. The van der Waals surface area contributed by atoms with E-state index in [4.69, 9.17) is 49.9 Å². The molecule has 2 aromatic heterocycles. The van der Waals surface area contributed by atoms with Crippen molar-refractivity contribution in [2.75, 3.05) is 13.1 Å². The molecule has 1 atom stereocenters. The molecule has 3 N–H and O–H groups in total. The predicted molar refractivity (Wildman–Crippen MR) is 132 cm³/mol. The van der Waals surface area contributed by atoms with Crippen LogP contribution in [-0.2, 0) is 13.0 Å². The van der Waals surface area contributed by atoms with Crippen molar-refractivity contribution in [3.05, 3.63) is 29.2 Å². The lowest BCUT2D eigenvalue weighted by molar-refractivity contribution is 0.160. The second-order valence-electron chi connectivity index (χ2n) is 8.21. The summed E-state index contributed by atoms with van der Waals surface area (Å²) in [6.07, 6.45) is 4.73. The molecular weight excluding hydrogens is 376 g/mol. The number of nitrogens with one attached hydrogen (secondary N) is 1. The van der Waals surface area contributed by atoms with Gasteiger partial charge >= 0.3 is 0 Å². The van der Waals surface area contributed by atoms with E-state index in [0.717, 1.165) is 61.2 Å². The Morgan fingerprint density at radius 3 is 2.61 bits per heavy atom. The van der Waals surface area contributed by atoms with Crippen molar-refractivity contribution in [2.45, 2.75) is 44.7 Å². The summed E-state index contributed by atoms with van der Waals surface area (Å²) in [5.74, 6) is 0.823. The molecule has 146 valence electrons. The minimum Gasteiger partial charge on any atom is -0.341 e. The molecule has 0 saturated carbocycles. The molecule has 4 rings (SSSR count). The quantitative estimate of drug-likeness (QED) is 0.342. The molecule has 1 aliphatic rings. The molecule has 1 aliphatic carbocycles. The number of pyridine rings is 1. The minimum atomic E-state index is 0.0716. The number of aromatic amines is 1. The maximum absolute atomic E-state index is 6.30. The van der Waals surface area contributed by atoms with E-state index in [2.05, 4.69) is 14.9 Å². The number of nitrogens with two attached hydrogens (primary N) is 1. The van der Waals surface area contributed by atoms with Crippen LogP contribution in [0.2, 0.25) is 0 Å². The number of hydrogen-bond acceptors (Lipinski definition) is 4. The van der Waals surface area contributed by atoms with Crippen LogP contribution in [0.5, 0.6) is 0 Å². The van der Waals surface area contributed by atoms with Crippen molar-refractivity contribution in [3.63, 3.8) is 0 Å². The standard InChI is InChI=1S/C21H22B5N5/c22-12-6-7-13-20(17(12)24)29-15(28-13)10-31(9-2-1-8-27)14-5-3-4-11-16(23)18(25)21(26)30-19(11)14/h6-7,14H,1-5,8-10,27H2,(H,28,29)/t14-/m0/s1. The van der Waals surface area contributed by atoms with Crippen molar-refractivity contribution >= 4 is 77.7 Å². The first-order chi connectivity index (χ1) is 14.9. The number of fused-ring (bicyclic) bond motifs is 2. The summed E-state index contributed by atoms with van der Waals surface area (Å²) in [6.45, 7) is 2.11. The summed E-state index contributed by atoms with van der Waals surface area (Å²) in [6, 6.07) is 3.76. The Hall–Kier alpha value is -1.92. The molecule has 0 saturated heterocycles. The highest BCUT2D eigenvalue weighted by Crippen LogP contribution is 2.32. The maximum atomic E-state index is 6.30. The molecule has 10 radical (unpaired) electrons. The van der Waals surface area contributed by atoms with Crippen molar-refractivity contribution < 1.29 is 0 Å². The van der Waals surface area contributed by atoms with Crippen LogP contribution >= 0.6 is 0 Å². The zero-order chi connectivity index (χ0) is 22.1. The van der Waals surface area contributed by atoms with Crippen molar-refractivity contribution in [3.8, 4) is 0 Å². The van der Waals surface area contributed by atoms with Gasteiger partial charge in [-0.1, -0.05) is 22.5 Å². The molecule has 0 fully saturated rings. The third-order valence-electron chi connectivity index (χ3n) is 6.13. The van der Waals surface area contributed by atoms with Crippen LogP contribution in [0.1, 0.15) is 48.8 Å². The molecule has 0 bridgehead atoms. The monoisotopic (exact) mass is 399 g/mol. The van der Waals surface area contributed by atoms with Gasteiger partial charge in [0.2, 0.25) is 0 Å². The van der Waals surface area contributed by atoms with Gasteiger partial charge in [-0.05, 0) is 62.4 Å².